The summed E-state index contributed by atoms with van der Waals surface area (Å²) in [6, 6.07) is 2.67. The normalized spacial score (nSPS) is 13.8. The maximum absolute atomic E-state index is 8.40. The van der Waals surface area contributed by atoms with Gasteiger partial charge >= 0.3 is 0 Å². The molecule has 0 aromatic rings. The summed E-state index contributed by atoms with van der Waals surface area (Å²) in [7, 11) is 0. The molecule has 13 heavy (non-hydrogen) atoms. The lowest BCUT2D eigenvalue weighted by atomic mass is 10.3. The molecule has 0 amide bonds. The van der Waals surface area contributed by atoms with Crippen LogP contribution >= 0.6 is 11.6 Å². The highest BCUT2D eigenvalue weighted by Crippen LogP contribution is 1.99. The lowest BCUT2D eigenvalue weighted by Crippen LogP contribution is -3.17. The van der Waals surface area contributed by atoms with Crippen LogP contribution in [0.5, 0.6) is 0 Å². The molecule has 0 aromatic carbocycles. The highest BCUT2D eigenvalue weighted by molar-refractivity contribution is 6.19. The molecule has 0 spiro atoms. The van der Waals surface area contributed by atoms with Gasteiger partial charge in [-0.25, -0.2) is 0 Å². The van der Waals surface area contributed by atoms with E-state index in [1.165, 1.54) is 0 Å². The Morgan fingerprint density at radius 1 is 1.31 bits per heavy atom. The maximum atomic E-state index is 8.40. The second-order valence-corrected chi connectivity index (χ2v) is 4.09. The first-order chi connectivity index (χ1) is 5.99. The Bertz CT molecular complexity index is 169. The Morgan fingerprint density at radius 2 is 1.77 bits per heavy atom. The van der Waals surface area contributed by atoms with Crippen molar-refractivity contribution in [3.8, 4) is 6.07 Å². The molecule has 0 aliphatic rings. The molecular weight excluding hydrogens is 188 g/mol. The van der Waals surface area contributed by atoms with Gasteiger partial charge in [-0.1, -0.05) is 11.6 Å². The van der Waals surface area contributed by atoms with E-state index in [9.17, 15) is 0 Å². The number of hydrogen-bond acceptors (Lipinski definition) is 2. The van der Waals surface area contributed by atoms with E-state index in [2.05, 4.69) is 27.7 Å². The van der Waals surface area contributed by atoms with Crippen LogP contribution < -0.4 is 5.06 Å². The molecule has 0 saturated heterocycles. The van der Waals surface area contributed by atoms with Crippen LogP contribution in [0.2, 0.25) is 0 Å². The molecule has 0 rings (SSSR count). The molecule has 0 heterocycles. The van der Waals surface area contributed by atoms with E-state index in [1.807, 2.05) is 6.07 Å². The van der Waals surface area contributed by atoms with Crippen LogP contribution in [0.3, 0.4) is 0 Å². The largest absolute Gasteiger partial charge is 0.202 e. The van der Waals surface area contributed by atoms with Crippen molar-refractivity contribution in [2.75, 3.05) is 0 Å². The van der Waals surface area contributed by atoms with Crippen molar-refractivity contribution in [1.29, 1.82) is 5.26 Å². The van der Waals surface area contributed by atoms with Crippen LogP contribution in [0.4, 0.5) is 0 Å². The summed E-state index contributed by atoms with van der Waals surface area (Å²) in [5.41, 5.74) is -0.509. The van der Waals surface area contributed by atoms with Crippen molar-refractivity contribution >= 4 is 11.6 Å². The van der Waals surface area contributed by atoms with Gasteiger partial charge in [0.2, 0.25) is 5.56 Å². The molecule has 0 fully saturated rings. The van der Waals surface area contributed by atoms with E-state index in [4.69, 9.17) is 21.7 Å². The van der Waals surface area contributed by atoms with Crippen LogP contribution in [0.25, 0.3) is 0 Å². The number of rotatable bonds is 5. The van der Waals surface area contributed by atoms with Crippen molar-refractivity contribution in [3.63, 3.8) is 0 Å². The monoisotopic (exact) mass is 205 g/mol. The molecule has 1 atom stereocenters. The molecule has 0 bridgehead atoms. The molecule has 0 aromatic heterocycles. The highest BCUT2D eigenvalue weighted by Gasteiger charge is 2.22. The quantitative estimate of drug-likeness (QED) is 0.539. The number of halogens is 1. The third-order valence-electron chi connectivity index (χ3n) is 1.65. The second kappa shape index (κ2) is 6.20. The summed E-state index contributed by atoms with van der Waals surface area (Å²) < 4.78 is 0. The first-order valence-corrected chi connectivity index (χ1v) is 4.97. The highest BCUT2D eigenvalue weighted by atomic mass is 35.5. The lowest BCUT2D eigenvalue weighted by molar-refractivity contribution is -1.13. The van der Waals surface area contributed by atoms with Gasteiger partial charge in [-0.2, -0.15) is 15.2 Å². The molecule has 4 heteroatoms. The van der Waals surface area contributed by atoms with Crippen LogP contribution in [0.15, 0.2) is 0 Å². The molecular formula is C9H18ClN2O+. The fourth-order valence-corrected chi connectivity index (χ4v) is 1.37. The minimum Gasteiger partial charge on any atom is -0.198 e. The van der Waals surface area contributed by atoms with E-state index in [0.29, 0.717) is 12.1 Å². The van der Waals surface area contributed by atoms with E-state index in [1.54, 1.807) is 0 Å². The molecule has 0 radical (unpaired) electrons. The summed E-state index contributed by atoms with van der Waals surface area (Å²) in [5.74, 6) is 0. The minimum atomic E-state index is -0.509. The standard InChI is InChI=1S/C9H17ClN2O/c1-7(2)12(8(3)4)13-9(10)5-6-11/h7-9H,5H2,1-4H3/p+1. The van der Waals surface area contributed by atoms with Gasteiger partial charge in [0.25, 0.3) is 0 Å². The Hall–Kier alpha value is -0.300. The van der Waals surface area contributed by atoms with Gasteiger partial charge in [-0.3, -0.25) is 0 Å². The van der Waals surface area contributed by atoms with Gasteiger partial charge in [0, 0.05) is 0 Å². The predicted molar refractivity (Wildman–Crippen MR) is 52.2 cm³/mol. The fraction of sp³-hybridized carbons (Fsp3) is 0.889. The summed E-state index contributed by atoms with van der Waals surface area (Å²) >= 11 is 5.80. The van der Waals surface area contributed by atoms with Crippen LogP contribution in [0.1, 0.15) is 34.1 Å². The average molecular weight is 206 g/mol. The summed E-state index contributed by atoms with van der Waals surface area (Å²) in [5, 5.41) is 9.37. The van der Waals surface area contributed by atoms with Crippen LogP contribution in [-0.2, 0) is 4.84 Å². The third kappa shape index (κ3) is 5.09. The van der Waals surface area contributed by atoms with Gasteiger partial charge in [-0.05, 0) is 27.7 Å². The summed E-state index contributed by atoms with van der Waals surface area (Å²) in [6.45, 7) is 8.24. The van der Waals surface area contributed by atoms with Crippen molar-refractivity contribution in [2.24, 2.45) is 0 Å². The van der Waals surface area contributed by atoms with Gasteiger partial charge in [0.1, 0.15) is 12.1 Å². The molecule has 0 saturated carbocycles. The number of nitriles is 1. The Kier molecular flexibility index (Phi) is 6.06. The van der Waals surface area contributed by atoms with Gasteiger partial charge in [0.15, 0.2) is 0 Å². The number of hydroxylamine groups is 2. The van der Waals surface area contributed by atoms with Gasteiger partial charge in [-0.15, -0.1) is 0 Å². The molecule has 0 aliphatic heterocycles. The fourth-order valence-electron chi connectivity index (χ4n) is 1.20. The maximum Gasteiger partial charge on any atom is 0.202 e. The first kappa shape index (κ1) is 12.7. The smallest absolute Gasteiger partial charge is 0.198 e. The summed E-state index contributed by atoms with van der Waals surface area (Å²) in [4.78, 5) is 5.47. The van der Waals surface area contributed by atoms with Crippen molar-refractivity contribution in [1.82, 2.24) is 0 Å². The molecule has 0 aliphatic carbocycles. The van der Waals surface area contributed by atoms with Gasteiger partial charge < -0.3 is 0 Å². The van der Waals surface area contributed by atoms with E-state index >= 15 is 0 Å². The first-order valence-electron chi connectivity index (χ1n) is 4.53. The molecule has 1 N–H and O–H groups in total. The topological polar surface area (TPSA) is 37.5 Å². The lowest BCUT2D eigenvalue weighted by Gasteiger charge is -2.26. The molecule has 3 nitrogen and oxygen atoms in total. The minimum absolute atomic E-state index is 0.227. The van der Waals surface area contributed by atoms with E-state index in [0.717, 1.165) is 5.06 Å². The van der Waals surface area contributed by atoms with Crippen LogP contribution in [-0.4, -0.2) is 17.6 Å². The Balaban J connectivity index is 4.04. The second-order valence-electron chi connectivity index (χ2n) is 3.60. The number of nitrogens with one attached hydrogen (secondary N) is 1. The van der Waals surface area contributed by atoms with Crippen molar-refractivity contribution < 1.29 is 9.90 Å². The SMILES string of the molecule is CC(C)[NH+](OC(Cl)CC#N)C(C)C. The van der Waals surface area contributed by atoms with Gasteiger partial charge in [0.05, 0.1) is 12.5 Å². The number of nitrogens with zero attached hydrogens (tertiary/aromatic N) is 1. The molecule has 76 valence electrons. The van der Waals surface area contributed by atoms with Crippen molar-refractivity contribution in [2.45, 2.75) is 51.8 Å². The summed E-state index contributed by atoms with van der Waals surface area (Å²) in [6.07, 6.45) is 0.227. The zero-order valence-electron chi connectivity index (χ0n) is 8.67. The average Bonchev–Trinajstić information content (AvgIpc) is 1.99. The van der Waals surface area contributed by atoms with Crippen molar-refractivity contribution in [3.05, 3.63) is 0 Å². The zero-order valence-corrected chi connectivity index (χ0v) is 9.43. The van der Waals surface area contributed by atoms with E-state index in [-0.39, 0.29) is 6.42 Å². The number of quaternary nitrogens is 1. The molecule has 1 unspecified atom stereocenters. The zero-order chi connectivity index (χ0) is 10.4. The predicted octanol–water partition coefficient (Wildman–Crippen LogP) is 1.10. The Labute approximate surface area is 85.2 Å². The van der Waals surface area contributed by atoms with Crippen LogP contribution in [0, 0.1) is 11.3 Å². The van der Waals surface area contributed by atoms with E-state index < -0.39 is 5.56 Å². The number of alkyl halides is 1. The Morgan fingerprint density at radius 3 is 2.08 bits per heavy atom. The number of hydrogen-bond donors (Lipinski definition) is 1. The third-order valence-corrected chi connectivity index (χ3v) is 1.90.